The molecule has 0 amide bonds. The minimum Gasteiger partial charge on any atom is -0.314 e. The Morgan fingerprint density at radius 2 is 2.20 bits per heavy atom. The highest BCUT2D eigenvalue weighted by molar-refractivity contribution is 14.1. The van der Waals surface area contributed by atoms with Gasteiger partial charge in [-0.15, -0.1) is 0 Å². The lowest BCUT2D eigenvalue weighted by atomic mass is 10.1. The van der Waals surface area contributed by atoms with Crippen LogP contribution in [0.4, 0.5) is 0 Å². The Morgan fingerprint density at radius 3 is 2.60 bits per heavy atom. The number of alkyl halides is 1. The predicted molar refractivity (Wildman–Crippen MR) is 50.4 cm³/mol. The van der Waals surface area contributed by atoms with E-state index in [0.29, 0.717) is 0 Å². The fourth-order valence-electron chi connectivity index (χ4n) is 1.67. The summed E-state index contributed by atoms with van der Waals surface area (Å²) in [6.45, 7) is 3.78. The number of halogens is 1. The third-order valence-electron chi connectivity index (χ3n) is 2.45. The highest BCUT2D eigenvalue weighted by Gasteiger charge is 2.31. The molecule has 0 aromatic carbocycles. The quantitative estimate of drug-likeness (QED) is 0.422. The second-order valence-electron chi connectivity index (χ2n) is 3.13. The van der Waals surface area contributed by atoms with Gasteiger partial charge in [0.05, 0.1) is 4.05 Å². The Kier molecular flexibility index (Phi) is 2.15. The van der Waals surface area contributed by atoms with E-state index in [4.69, 9.17) is 0 Å². The van der Waals surface area contributed by atoms with Gasteiger partial charge >= 0.3 is 0 Å². The van der Waals surface area contributed by atoms with Crippen molar-refractivity contribution < 1.29 is 0 Å². The van der Waals surface area contributed by atoms with Crippen molar-refractivity contribution in [3.05, 3.63) is 0 Å². The van der Waals surface area contributed by atoms with Crippen molar-refractivity contribution in [1.29, 1.82) is 0 Å². The molecule has 2 aliphatic heterocycles. The molecule has 2 heterocycles. The number of hydrogen-bond acceptors (Lipinski definition) is 2. The number of nitrogens with zero attached hydrogens (tertiary/aromatic N) is 1. The summed E-state index contributed by atoms with van der Waals surface area (Å²) >= 11 is 2.56. The van der Waals surface area contributed by atoms with Crippen LogP contribution in [0.2, 0.25) is 0 Å². The van der Waals surface area contributed by atoms with E-state index in [2.05, 4.69) is 32.8 Å². The zero-order valence-corrected chi connectivity index (χ0v) is 8.17. The Morgan fingerprint density at radius 1 is 1.40 bits per heavy atom. The fraction of sp³-hybridized carbons (Fsp3) is 1.00. The molecule has 1 atom stereocenters. The lowest BCUT2D eigenvalue weighted by molar-refractivity contribution is 0.173. The van der Waals surface area contributed by atoms with Gasteiger partial charge in [-0.3, -0.25) is 4.90 Å². The van der Waals surface area contributed by atoms with Crippen LogP contribution in [0.5, 0.6) is 0 Å². The van der Waals surface area contributed by atoms with Gasteiger partial charge in [0.25, 0.3) is 0 Å². The molecule has 1 N–H and O–H groups in total. The third kappa shape index (κ3) is 1.19. The van der Waals surface area contributed by atoms with E-state index in [-0.39, 0.29) is 0 Å². The van der Waals surface area contributed by atoms with E-state index < -0.39 is 0 Å². The summed E-state index contributed by atoms with van der Waals surface area (Å²) in [5.41, 5.74) is 0. The number of nitrogens with one attached hydrogen (secondary N) is 1. The lowest BCUT2D eigenvalue weighted by Crippen LogP contribution is -2.57. The van der Waals surface area contributed by atoms with Crippen LogP contribution >= 0.6 is 22.6 Å². The van der Waals surface area contributed by atoms with Crippen molar-refractivity contribution in [2.24, 2.45) is 0 Å². The predicted octanol–water partition coefficient (Wildman–Crippen LogP) is 0.815. The molecule has 2 fully saturated rings. The molecule has 0 aromatic heterocycles. The average Bonchev–Trinajstić information content (AvgIpc) is 2.12. The smallest absolute Gasteiger partial charge is 0.0622 e. The van der Waals surface area contributed by atoms with E-state index in [0.717, 1.165) is 10.1 Å². The van der Waals surface area contributed by atoms with Crippen molar-refractivity contribution in [3.63, 3.8) is 0 Å². The Bertz CT molecular complexity index is 125. The van der Waals surface area contributed by atoms with E-state index in [9.17, 15) is 0 Å². The zero-order valence-electron chi connectivity index (χ0n) is 6.02. The molecular weight excluding hydrogens is 239 g/mol. The molecule has 2 nitrogen and oxygen atoms in total. The van der Waals surface area contributed by atoms with Gasteiger partial charge in [-0.25, -0.2) is 0 Å². The van der Waals surface area contributed by atoms with E-state index in [1.165, 1.54) is 32.5 Å². The Labute approximate surface area is 75.5 Å². The van der Waals surface area contributed by atoms with Gasteiger partial charge in [-0.05, 0) is 19.4 Å². The normalized spacial score (nSPS) is 36.3. The Balaban J connectivity index is 1.90. The molecule has 2 aliphatic rings. The molecule has 0 bridgehead atoms. The van der Waals surface area contributed by atoms with Crippen LogP contribution < -0.4 is 5.32 Å². The first-order valence-electron chi connectivity index (χ1n) is 3.98. The molecule has 0 aromatic rings. The molecule has 2 saturated heterocycles. The van der Waals surface area contributed by atoms with Crippen LogP contribution in [0.3, 0.4) is 0 Å². The number of hydrogen-bond donors (Lipinski definition) is 1. The van der Waals surface area contributed by atoms with E-state index in [1.54, 1.807) is 0 Å². The molecule has 58 valence electrons. The minimum atomic E-state index is 0.824. The van der Waals surface area contributed by atoms with Crippen LogP contribution in [0.1, 0.15) is 12.8 Å². The molecule has 2 rings (SSSR count). The maximum Gasteiger partial charge on any atom is 0.0622 e. The molecule has 10 heavy (non-hydrogen) atoms. The van der Waals surface area contributed by atoms with Crippen molar-refractivity contribution >= 4 is 22.6 Å². The molecule has 0 radical (unpaired) electrons. The van der Waals surface area contributed by atoms with Crippen molar-refractivity contribution in [2.45, 2.75) is 22.9 Å². The second-order valence-corrected chi connectivity index (χ2v) is 4.56. The van der Waals surface area contributed by atoms with E-state index in [1.807, 2.05) is 0 Å². The fourth-order valence-corrected chi connectivity index (χ4v) is 2.84. The summed E-state index contributed by atoms with van der Waals surface area (Å²) in [5, 5.41) is 3.31. The van der Waals surface area contributed by atoms with Crippen LogP contribution in [0.15, 0.2) is 0 Å². The van der Waals surface area contributed by atoms with Crippen LogP contribution in [-0.4, -0.2) is 34.6 Å². The molecular formula is C7H13IN2. The lowest BCUT2D eigenvalue weighted by Gasteiger charge is -2.37. The standard InChI is InChI=1S/C7H13IN2/c8-7-2-1-3-10(7)6-4-9-5-6/h6-7,9H,1-5H2. The molecule has 0 spiro atoms. The molecule has 0 aliphatic carbocycles. The molecule has 0 saturated carbocycles. The summed E-state index contributed by atoms with van der Waals surface area (Å²) in [4.78, 5) is 2.64. The number of likely N-dealkylation sites (tertiary alicyclic amines) is 1. The first kappa shape index (κ1) is 7.31. The van der Waals surface area contributed by atoms with Crippen LogP contribution in [0, 0.1) is 0 Å². The van der Waals surface area contributed by atoms with Crippen LogP contribution in [0.25, 0.3) is 0 Å². The maximum absolute atomic E-state index is 3.31. The van der Waals surface area contributed by atoms with Gasteiger partial charge in [0.1, 0.15) is 0 Å². The number of rotatable bonds is 1. The van der Waals surface area contributed by atoms with Gasteiger partial charge in [0.15, 0.2) is 0 Å². The maximum atomic E-state index is 3.31. The second kappa shape index (κ2) is 2.95. The van der Waals surface area contributed by atoms with Crippen molar-refractivity contribution in [2.75, 3.05) is 19.6 Å². The Hall–Kier alpha value is 0.650. The molecule has 3 heteroatoms. The van der Waals surface area contributed by atoms with Gasteiger partial charge < -0.3 is 5.32 Å². The summed E-state index contributed by atoms with van der Waals surface area (Å²) in [6, 6.07) is 0.865. The first-order valence-corrected chi connectivity index (χ1v) is 5.23. The van der Waals surface area contributed by atoms with Gasteiger partial charge in [-0.1, -0.05) is 22.6 Å². The van der Waals surface area contributed by atoms with Crippen LogP contribution in [-0.2, 0) is 0 Å². The third-order valence-corrected chi connectivity index (χ3v) is 3.79. The SMILES string of the molecule is IC1CCCN1C1CNC1. The van der Waals surface area contributed by atoms with Gasteiger partial charge in [0, 0.05) is 19.1 Å². The summed E-state index contributed by atoms with van der Waals surface area (Å²) in [5.74, 6) is 0. The monoisotopic (exact) mass is 252 g/mol. The van der Waals surface area contributed by atoms with E-state index >= 15 is 0 Å². The topological polar surface area (TPSA) is 15.3 Å². The molecule has 1 unspecified atom stereocenters. The summed E-state index contributed by atoms with van der Waals surface area (Å²) in [6.07, 6.45) is 2.81. The average molecular weight is 252 g/mol. The largest absolute Gasteiger partial charge is 0.314 e. The first-order chi connectivity index (χ1) is 4.88. The van der Waals surface area contributed by atoms with Gasteiger partial charge in [-0.2, -0.15) is 0 Å². The summed E-state index contributed by atoms with van der Waals surface area (Å²) < 4.78 is 0.824. The van der Waals surface area contributed by atoms with Crippen molar-refractivity contribution in [1.82, 2.24) is 10.2 Å². The highest BCUT2D eigenvalue weighted by Crippen LogP contribution is 2.25. The van der Waals surface area contributed by atoms with Gasteiger partial charge in [0.2, 0.25) is 0 Å². The minimum absolute atomic E-state index is 0.824. The zero-order chi connectivity index (χ0) is 6.97. The van der Waals surface area contributed by atoms with Crippen molar-refractivity contribution in [3.8, 4) is 0 Å². The highest BCUT2D eigenvalue weighted by atomic mass is 127. The summed E-state index contributed by atoms with van der Waals surface area (Å²) in [7, 11) is 0.